The molecule has 0 amide bonds. The van der Waals surface area contributed by atoms with E-state index >= 15 is 0 Å². The minimum absolute atomic E-state index is 0.0141. The van der Waals surface area contributed by atoms with Gasteiger partial charge >= 0.3 is 0 Å². The maximum Gasteiger partial charge on any atom is 0.178 e. The van der Waals surface area contributed by atoms with Gasteiger partial charge < -0.3 is 32.1 Å². The van der Waals surface area contributed by atoms with Crippen molar-refractivity contribution in [3.63, 3.8) is 0 Å². The van der Waals surface area contributed by atoms with Gasteiger partial charge in [-0.25, -0.2) is 15.0 Å². The largest absolute Gasteiger partial charge is 0.396 e. The van der Waals surface area contributed by atoms with Gasteiger partial charge in [0.25, 0.3) is 0 Å². The minimum atomic E-state index is -0.629. The summed E-state index contributed by atoms with van der Waals surface area (Å²) in [6.45, 7) is -0.577. The van der Waals surface area contributed by atoms with Gasteiger partial charge in [-0.2, -0.15) is 5.10 Å². The number of amidine groups is 1. The lowest BCUT2D eigenvalue weighted by Crippen LogP contribution is -2.29. The zero-order valence-electron chi connectivity index (χ0n) is 12.8. The predicted octanol–water partition coefficient (Wildman–Crippen LogP) is -1.65. The molecular formula is C13H20N8O3. The first-order chi connectivity index (χ1) is 11.5. The summed E-state index contributed by atoms with van der Waals surface area (Å²) in [6, 6.07) is 0.817. The molecule has 0 fully saturated rings. The predicted molar refractivity (Wildman–Crippen MR) is 91.7 cm³/mol. The molecule has 11 heteroatoms. The van der Waals surface area contributed by atoms with Crippen LogP contribution in [0.25, 0.3) is 0 Å². The molecule has 1 aliphatic heterocycles. The molecule has 0 unspecified atom stereocenters. The SMILES string of the molecule is N=C1/C(=N/c2nc(NC(CO)CO)c(N)cc2N)C=NN1CCO. The number of nitrogens with two attached hydrogens (primary N) is 2. The van der Waals surface area contributed by atoms with Gasteiger partial charge in [0, 0.05) is 0 Å². The Labute approximate surface area is 137 Å². The summed E-state index contributed by atoms with van der Waals surface area (Å²) in [7, 11) is 0. The van der Waals surface area contributed by atoms with Crippen LogP contribution in [0.5, 0.6) is 0 Å². The van der Waals surface area contributed by atoms with Crippen LogP contribution >= 0.6 is 0 Å². The van der Waals surface area contributed by atoms with Crippen molar-refractivity contribution < 1.29 is 15.3 Å². The van der Waals surface area contributed by atoms with Crippen LogP contribution in [0.3, 0.4) is 0 Å². The summed E-state index contributed by atoms with van der Waals surface area (Å²) in [5, 5.41) is 43.1. The van der Waals surface area contributed by atoms with Gasteiger partial charge in [-0.1, -0.05) is 0 Å². The van der Waals surface area contributed by atoms with Crippen LogP contribution in [0.4, 0.5) is 23.0 Å². The number of aliphatic hydroxyl groups is 3. The fourth-order valence-corrected chi connectivity index (χ4v) is 1.92. The monoisotopic (exact) mass is 336 g/mol. The Bertz CT molecular complexity index is 671. The quantitative estimate of drug-likeness (QED) is 0.308. The van der Waals surface area contributed by atoms with E-state index in [9.17, 15) is 0 Å². The summed E-state index contributed by atoms with van der Waals surface area (Å²) in [6.07, 6.45) is 1.37. The van der Waals surface area contributed by atoms with Gasteiger partial charge in [-0.3, -0.25) is 5.41 Å². The first-order valence-corrected chi connectivity index (χ1v) is 7.14. The number of anilines is 3. The zero-order chi connectivity index (χ0) is 17.7. The number of hydrazone groups is 1. The summed E-state index contributed by atoms with van der Waals surface area (Å²) in [4.78, 5) is 8.37. The molecule has 0 bridgehead atoms. The lowest BCUT2D eigenvalue weighted by Gasteiger charge is -2.16. The van der Waals surface area contributed by atoms with Crippen molar-refractivity contribution in [1.29, 1.82) is 5.41 Å². The molecule has 1 aromatic rings. The molecule has 24 heavy (non-hydrogen) atoms. The van der Waals surface area contributed by atoms with Crippen molar-refractivity contribution >= 4 is 40.8 Å². The second kappa shape index (κ2) is 7.68. The zero-order valence-corrected chi connectivity index (χ0v) is 12.8. The van der Waals surface area contributed by atoms with Gasteiger partial charge in [-0.05, 0) is 6.07 Å². The Balaban J connectivity index is 2.29. The van der Waals surface area contributed by atoms with E-state index in [2.05, 4.69) is 20.4 Å². The Morgan fingerprint density at radius 2 is 1.96 bits per heavy atom. The lowest BCUT2D eigenvalue weighted by atomic mass is 10.3. The minimum Gasteiger partial charge on any atom is -0.396 e. The normalized spacial score (nSPS) is 15.8. The van der Waals surface area contributed by atoms with Crippen LogP contribution in [-0.2, 0) is 0 Å². The van der Waals surface area contributed by atoms with E-state index in [4.69, 9.17) is 32.2 Å². The van der Waals surface area contributed by atoms with Crippen molar-refractivity contribution in [2.75, 3.05) is 43.1 Å². The number of aromatic nitrogens is 1. The number of aliphatic hydroxyl groups excluding tert-OH is 3. The molecule has 0 aromatic carbocycles. The lowest BCUT2D eigenvalue weighted by molar-refractivity contribution is 0.203. The number of nitrogens with zero attached hydrogens (tertiary/aromatic N) is 4. The molecule has 0 radical (unpaired) electrons. The molecule has 2 rings (SSSR count). The maximum absolute atomic E-state index is 9.13. The van der Waals surface area contributed by atoms with Crippen molar-refractivity contribution in [2.45, 2.75) is 6.04 Å². The smallest absolute Gasteiger partial charge is 0.178 e. The first-order valence-electron chi connectivity index (χ1n) is 7.14. The molecule has 1 aromatic heterocycles. The molecule has 0 atom stereocenters. The average molecular weight is 336 g/mol. The van der Waals surface area contributed by atoms with E-state index in [1.807, 2.05) is 0 Å². The van der Waals surface area contributed by atoms with Crippen LogP contribution in [0.2, 0.25) is 0 Å². The van der Waals surface area contributed by atoms with Crippen LogP contribution in [-0.4, -0.2) is 75.5 Å². The highest BCUT2D eigenvalue weighted by atomic mass is 16.3. The molecule has 0 saturated carbocycles. The summed E-state index contributed by atoms with van der Waals surface area (Å²) < 4.78 is 0. The van der Waals surface area contributed by atoms with Crippen molar-refractivity contribution in [3.05, 3.63) is 6.07 Å². The Kier molecular flexibility index (Phi) is 5.63. The topological polar surface area (TPSA) is 189 Å². The average Bonchev–Trinajstić information content (AvgIpc) is 2.90. The van der Waals surface area contributed by atoms with Gasteiger partial charge in [0.15, 0.2) is 17.5 Å². The molecule has 11 nitrogen and oxygen atoms in total. The highest BCUT2D eigenvalue weighted by Crippen LogP contribution is 2.28. The number of hydrogen-bond donors (Lipinski definition) is 7. The maximum atomic E-state index is 9.13. The number of rotatable bonds is 7. The fraction of sp³-hybridized carbons (Fsp3) is 0.385. The van der Waals surface area contributed by atoms with Crippen LogP contribution in [0.1, 0.15) is 0 Å². The molecule has 0 spiro atoms. The molecule has 0 aliphatic carbocycles. The van der Waals surface area contributed by atoms with Gasteiger partial charge in [0.05, 0.1) is 50.0 Å². The molecular weight excluding hydrogens is 316 g/mol. The third-order valence-electron chi connectivity index (χ3n) is 3.20. The van der Waals surface area contributed by atoms with E-state index in [-0.39, 0.29) is 60.9 Å². The van der Waals surface area contributed by atoms with Crippen LogP contribution in [0.15, 0.2) is 16.2 Å². The van der Waals surface area contributed by atoms with E-state index in [1.54, 1.807) is 0 Å². The van der Waals surface area contributed by atoms with Gasteiger partial charge in [0.1, 0.15) is 5.71 Å². The summed E-state index contributed by atoms with van der Waals surface area (Å²) in [5.74, 6) is 0.351. The number of nitrogen functional groups attached to an aromatic ring is 2. The standard InChI is InChI=1S/C13H20N8O3/c14-8-3-9(15)13(20-12(8)18-7(5-23)6-24)19-10-4-17-21(1-2-22)11(10)16/h3-4,7,16,22-24H,1-2,5-6,14-15H2,(H,18,20)/b16-11?,19-10+. The molecule has 0 saturated heterocycles. The number of hydrogen-bond acceptors (Lipinski definition) is 10. The summed E-state index contributed by atoms with van der Waals surface area (Å²) >= 11 is 0. The summed E-state index contributed by atoms with van der Waals surface area (Å²) in [5.41, 5.74) is 12.4. The number of β-amino-alcohol motifs (C(OH)–C–C–N with tert-alkyl or cyclic N) is 1. The Morgan fingerprint density at radius 1 is 1.25 bits per heavy atom. The third-order valence-corrected chi connectivity index (χ3v) is 3.20. The molecule has 1 aliphatic rings. The highest BCUT2D eigenvalue weighted by Gasteiger charge is 2.21. The third kappa shape index (κ3) is 3.76. The Hall–Kier alpha value is -2.76. The van der Waals surface area contributed by atoms with Gasteiger partial charge in [0.2, 0.25) is 0 Å². The first kappa shape index (κ1) is 17.6. The van der Waals surface area contributed by atoms with E-state index in [0.717, 1.165) is 0 Å². The van der Waals surface area contributed by atoms with E-state index in [0.29, 0.717) is 0 Å². The van der Waals surface area contributed by atoms with E-state index < -0.39 is 6.04 Å². The second-order valence-corrected chi connectivity index (χ2v) is 4.98. The van der Waals surface area contributed by atoms with Crippen molar-refractivity contribution in [3.8, 4) is 0 Å². The van der Waals surface area contributed by atoms with Crippen LogP contribution < -0.4 is 16.8 Å². The van der Waals surface area contributed by atoms with Gasteiger partial charge in [-0.15, -0.1) is 0 Å². The number of aliphatic imine (C=N–C) groups is 1. The fourth-order valence-electron chi connectivity index (χ4n) is 1.92. The molecule has 9 N–H and O–H groups in total. The second-order valence-electron chi connectivity index (χ2n) is 4.98. The van der Waals surface area contributed by atoms with Crippen LogP contribution in [0, 0.1) is 5.41 Å². The Morgan fingerprint density at radius 3 is 2.58 bits per heavy atom. The molecule has 130 valence electrons. The number of nitrogens with one attached hydrogen (secondary N) is 2. The van der Waals surface area contributed by atoms with Crippen molar-refractivity contribution in [2.24, 2.45) is 10.1 Å². The number of pyridine rings is 1. The highest BCUT2D eigenvalue weighted by molar-refractivity contribution is 6.63. The van der Waals surface area contributed by atoms with E-state index in [1.165, 1.54) is 17.3 Å². The van der Waals surface area contributed by atoms with Crippen molar-refractivity contribution in [1.82, 2.24) is 9.99 Å². The molecule has 2 heterocycles.